The van der Waals surface area contributed by atoms with Crippen molar-refractivity contribution in [1.82, 2.24) is 10.2 Å². The number of carbonyl (C=O) groups excluding carboxylic acids is 1. The van der Waals surface area contributed by atoms with Crippen molar-refractivity contribution < 1.29 is 14.1 Å². The van der Waals surface area contributed by atoms with Gasteiger partial charge < -0.3 is 10.2 Å². The molecule has 1 aliphatic rings. The van der Waals surface area contributed by atoms with Crippen molar-refractivity contribution in [1.29, 1.82) is 0 Å². The summed E-state index contributed by atoms with van der Waals surface area (Å²) in [7, 11) is 0. The van der Waals surface area contributed by atoms with E-state index in [2.05, 4.69) is 20.4 Å². The summed E-state index contributed by atoms with van der Waals surface area (Å²) in [5.74, 6) is -0.828. The number of hydrogen-bond donors (Lipinski definition) is 1. The highest BCUT2D eigenvalue weighted by atomic mass is 19.1. The third kappa shape index (κ3) is 3.29. The molecule has 1 aliphatic heterocycles. The molecule has 2 heterocycles. The lowest BCUT2D eigenvalue weighted by Crippen LogP contribution is -2.21. The predicted octanol–water partition coefficient (Wildman–Crippen LogP) is 2.38. The molecule has 1 amide bonds. The van der Waals surface area contributed by atoms with Crippen LogP contribution in [0, 0.1) is 15.9 Å². The van der Waals surface area contributed by atoms with Gasteiger partial charge in [0.25, 0.3) is 5.91 Å². The maximum absolute atomic E-state index is 13.3. The Kier molecular flexibility index (Phi) is 4.32. The van der Waals surface area contributed by atoms with Gasteiger partial charge in [0.2, 0.25) is 5.82 Å². The average molecular weight is 331 g/mol. The van der Waals surface area contributed by atoms with Crippen LogP contribution >= 0.6 is 0 Å². The minimum Gasteiger partial charge on any atom is -0.355 e. The first-order valence-corrected chi connectivity index (χ1v) is 7.38. The van der Waals surface area contributed by atoms with Gasteiger partial charge >= 0.3 is 5.69 Å². The normalized spacial score (nSPS) is 13.8. The van der Waals surface area contributed by atoms with Crippen LogP contribution in [-0.2, 0) is 0 Å². The van der Waals surface area contributed by atoms with Crippen LogP contribution in [0.2, 0.25) is 0 Å². The summed E-state index contributed by atoms with van der Waals surface area (Å²) in [5, 5.41) is 21.1. The van der Waals surface area contributed by atoms with Crippen LogP contribution in [0.5, 0.6) is 0 Å². The molecule has 0 spiro atoms. The van der Waals surface area contributed by atoms with Crippen molar-refractivity contribution >= 4 is 23.1 Å². The Morgan fingerprint density at radius 3 is 2.58 bits per heavy atom. The van der Waals surface area contributed by atoms with E-state index < -0.39 is 22.3 Å². The van der Waals surface area contributed by atoms with Crippen LogP contribution in [-0.4, -0.2) is 34.1 Å². The highest BCUT2D eigenvalue weighted by molar-refractivity contribution is 6.02. The van der Waals surface area contributed by atoms with E-state index in [-0.39, 0.29) is 11.4 Å². The summed E-state index contributed by atoms with van der Waals surface area (Å²) < 4.78 is 13.3. The first kappa shape index (κ1) is 15.8. The quantitative estimate of drug-likeness (QED) is 0.682. The van der Waals surface area contributed by atoms with Crippen molar-refractivity contribution in [3.05, 3.63) is 52.0 Å². The number of nitrogens with zero attached hydrogens (tertiary/aromatic N) is 4. The summed E-state index contributed by atoms with van der Waals surface area (Å²) in [5.41, 5.74) is -0.522. The van der Waals surface area contributed by atoms with E-state index in [0.29, 0.717) is 5.82 Å². The number of hydrogen-bond acceptors (Lipinski definition) is 6. The standard InChI is InChI=1S/C15H14FN5O3/c16-11-4-3-10(9-13(11)21(23)24)17-15(22)12-5-6-14(19-18-12)20-7-1-2-8-20/h3-6,9H,1-2,7-8H2,(H,17,22). The van der Waals surface area contributed by atoms with E-state index in [0.717, 1.165) is 38.1 Å². The van der Waals surface area contributed by atoms with Crippen LogP contribution in [0.1, 0.15) is 23.3 Å². The van der Waals surface area contributed by atoms with E-state index in [4.69, 9.17) is 0 Å². The van der Waals surface area contributed by atoms with Crippen LogP contribution in [0.15, 0.2) is 30.3 Å². The van der Waals surface area contributed by atoms with E-state index in [1.165, 1.54) is 12.1 Å². The number of halogens is 1. The van der Waals surface area contributed by atoms with Crippen molar-refractivity contribution in [2.45, 2.75) is 12.8 Å². The van der Waals surface area contributed by atoms with Gasteiger partial charge in [0.15, 0.2) is 11.5 Å². The van der Waals surface area contributed by atoms with Gasteiger partial charge in [-0.1, -0.05) is 0 Å². The number of benzene rings is 1. The van der Waals surface area contributed by atoms with Crippen molar-refractivity contribution in [2.24, 2.45) is 0 Å². The van der Waals surface area contributed by atoms with Gasteiger partial charge in [-0.15, -0.1) is 10.2 Å². The zero-order valence-corrected chi connectivity index (χ0v) is 12.6. The lowest BCUT2D eigenvalue weighted by molar-refractivity contribution is -0.387. The molecule has 2 aromatic rings. The number of carbonyl (C=O) groups is 1. The maximum atomic E-state index is 13.3. The fraction of sp³-hybridized carbons (Fsp3) is 0.267. The summed E-state index contributed by atoms with van der Waals surface area (Å²) in [6.07, 6.45) is 2.21. The molecule has 9 heteroatoms. The fourth-order valence-electron chi connectivity index (χ4n) is 2.49. The lowest BCUT2D eigenvalue weighted by Gasteiger charge is -2.15. The Morgan fingerprint density at radius 2 is 1.96 bits per heavy atom. The minimum atomic E-state index is -0.965. The molecule has 1 aromatic carbocycles. The Labute approximate surface area is 136 Å². The predicted molar refractivity (Wildman–Crippen MR) is 84.5 cm³/mol. The van der Waals surface area contributed by atoms with Gasteiger partial charge in [0.1, 0.15) is 0 Å². The van der Waals surface area contributed by atoms with E-state index >= 15 is 0 Å². The third-order valence-corrected chi connectivity index (χ3v) is 3.71. The van der Waals surface area contributed by atoms with Crippen LogP contribution in [0.3, 0.4) is 0 Å². The van der Waals surface area contributed by atoms with E-state index in [9.17, 15) is 19.3 Å². The number of amides is 1. The van der Waals surface area contributed by atoms with Gasteiger partial charge in [0.05, 0.1) is 4.92 Å². The molecule has 124 valence electrons. The number of nitrogens with one attached hydrogen (secondary N) is 1. The average Bonchev–Trinajstić information content (AvgIpc) is 3.11. The molecule has 0 unspecified atom stereocenters. The zero-order chi connectivity index (χ0) is 17.1. The molecule has 0 atom stereocenters. The summed E-state index contributed by atoms with van der Waals surface area (Å²) >= 11 is 0. The number of nitro groups is 1. The maximum Gasteiger partial charge on any atom is 0.306 e. The first-order valence-electron chi connectivity index (χ1n) is 7.38. The van der Waals surface area contributed by atoms with Gasteiger partial charge in [-0.05, 0) is 37.1 Å². The second-order valence-electron chi connectivity index (χ2n) is 5.35. The second-order valence-corrected chi connectivity index (χ2v) is 5.35. The molecule has 3 rings (SSSR count). The Hall–Kier alpha value is -3.10. The smallest absolute Gasteiger partial charge is 0.306 e. The van der Waals surface area contributed by atoms with Crippen molar-refractivity contribution in [2.75, 3.05) is 23.3 Å². The SMILES string of the molecule is O=C(Nc1ccc(F)c([N+](=O)[O-])c1)c1ccc(N2CCCC2)nn1. The molecule has 0 saturated carbocycles. The second kappa shape index (κ2) is 6.57. The lowest BCUT2D eigenvalue weighted by atomic mass is 10.2. The molecular weight excluding hydrogens is 317 g/mol. The molecular formula is C15H14FN5O3. The Morgan fingerprint density at radius 1 is 1.21 bits per heavy atom. The molecule has 8 nitrogen and oxygen atoms in total. The van der Waals surface area contributed by atoms with Crippen molar-refractivity contribution in [3.63, 3.8) is 0 Å². The number of anilines is 2. The van der Waals surface area contributed by atoms with Crippen LogP contribution in [0.25, 0.3) is 0 Å². The molecule has 1 N–H and O–H groups in total. The van der Waals surface area contributed by atoms with Gasteiger partial charge in [0, 0.05) is 24.8 Å². The Bertz CT molecular complexity index is 775. The van der Waals surface area contributed by atoms with E-state index in [1.54, 1.807) is 6.07 Å². The molecule has 0 radical (unpaired) electrons. The molecule has 0 bridgehead atoms. The highest BCUT2D eigenvalue weighted by Gasteiger charge is 2.18. The third-order valence-electron chi connectivity index (χ3n) is 3.71. The molecule has 1 saturated heterocycles. The monoisotopic (exact) mass is 331 g/mol. The van der Waals surface area contributed by atoms with Crippen molar-refractivity contribution in [3.8, 4) is 0 Å². The fourth-order valence-corrected chi connectivity index (χ4v) is 2.49. The Balaban J connectivity index is 1.72. The summed E-state index contributed by atoms with van der Waals surface area (Å²) in [4.78, 5) is 24.1. The van der Waals surface area contributed by atoms with Gasteiger partial charge in [-0.2, -0.15) is 4.39 Å². The summed E-state index contributed by atoms with van der Waals surface area (Å²) in [6.45, 7) is 1.83. The zero-order valence-electron chi connectivity index (χ0n) is 12.6. The van der Waals surface area contributed by atoms with Crippen LogP contribution in [0.4, 0.5) is 21.6 Å². The number of aromatic nitrogens is 2. The molecule has 1 aromatic heterocycles. The number of rotatable bonds is 4. The first-order chi connectivity index (χ1) is 11.5. The number of nitro benzene ring substituents is 1. The topological polar surface area (TPSA) is 101 Å². The molecule has 24 heavy (non-hydrogen) atoms. The van der Waals surface area contributed by atoms with Gasteiger partial charge in [-0.25, -0.2) is 0 Å². The van der Waals surface area contributed by atoms with Gasteiger partial charge in [-0.3, -0.25) is 14.9 Å². The molecule has 0 aliphatic carbocycles. The highest BCUT2D eigenvalue weighted by Crippen LogP contribution is 2.22. The largest absolute Gasteiger partial charge is 0.355 e. The van der Waals surface area contributed by atoms with Crippen LogP contribution < -0.4 is 10.2 Å². The van der Waals surface area contributed by atoms with E-state index in [1.807, 2.05) is 0 Å². The summed E-state index contributed by atoms with van der Waals surface area (Å²) in [6, 6.07) is 6.37. The molecule has 1 fully saturated rings. The minimum absolute atomic E-state index is 0.0740.